The number of aliphatic hydroxyl groups excluding tert-OH is 1. The van der Waals surface area contributed by atoms with Crippen LogP contribution >= 0.6 is 11.8 Å². The number of ether oxygens (including phenoxy) is 1. The first-order chi connectivity index (χ1) is 60.4. The summed E-state index contributed by atoms with van der Waals surface area (Å²) in [5.41, 5.74) is 26.4. The molecular weight excluding hydrogens is 1610 g/mol. The maximum Gasteiger partial charge on any atom is 0.293 e. The Morgan fingerprint density at radius 1 is 0.608 bits per heavy atom. The number of rotatable bonds is 68. The molecule has 1 fully saturated rings. The maximum absolute atomic E-state index is 15.9. The van der Waals surface area contributed by atoms with Gasteiger partial charge in [0.15, 0.2) is 29.3 Å². The second-order valence-electron chi connectivity index (χ2n) is 33.1. The summed E-state index contributed by atoms with van der Waals surface area (Å²) in [7, 11) is 0. The molecule has 2 aromatic heterocycles. The van der Waals surface area contributed by atoms with Crippen LogP contribution in [0.25, 0.3) is 10.9 Å². The highest BCUT2D eigenvalue weighted by molar-refractivity contribution is 7.99. The van der Waals surface area contributed by atoms with E-state index in [1.54, 1.807) is 9.80 Å². The third kappa shape index (κ3) is 39.0. The van der Waals surface area contributed by atoms with Crippen LogP contribution in [0.3, 0.4) is 0 Å². The summed E-state index contributed by atoms with van der Waals surface area (Å²) >= 11 is 1.39. The molecule has 9 unspecified atom stereocenters. The number of fused-ring (bicyclic) bond motifs is 1. The fourth-order valence-electron chi connectivity index (χ4n) is 16.3. The lowest BCUT2D eigenvalue weighted by Gasteiger charge is -2.35. The number of guanidine groups is 2. The number of aliphatic hydroxyl groups is 1. The molecule has 125 heavy (non-hydrogen) atoms. The van der Waals surface area contributed by atoms with Crippen molar-refractivity contribution in [3.63, 3.8) is 0 Å². The van der Waals surface area contributed by atoms with Crippen LogP contribution in [-0.4, -0.2) is 206 Å². The molecule has 0 bridgehead atoms. The first-order valence-corrected chi connectivity index (χ1v) is 46.8. The fourth-order valence-corrected chi connectivity index (χ4v) is 17.0. The van der Waals surface area contributed by atoms with E-state index in [1.165, 1.54) is 102 Å². The number of hydrogen-bond donors (Lipinski definition) is 12. The zero-order valence-electron chi connectivity index (χ0n) is 74.3. The SMILES string of the molecule is CCCCCCCCCCCCCCCCNC(=O)CN(CC)C(=O)CCCCCCC(=O)C(Cc1c[nH]c2ccccc12)NC(=O)C(CCCN=C(N)N)CC(=O)C(CSCC)NC(=O)C(CCCN=C(N)N)CC(=O)CC1CCCN1C(=O)C(NC(=O)C(CC(=O)C(NC(=O)CCCOC=O)C(C)O)Cc1cnc[nH]1)C(c1ccccc1)c1ccccc1. The normalized spacial score (nSPS) is 14.4. The largest absolute Gasteiger partial charge is 0.468 e. The minimum atomic E-state index is -1.44. The Balaban J connectivity index is 1.15. The van der Waals surface area contributed by atoms with E-state index in [0.29, 0.717) is 74.2 Å². The molecule has 30 nitrogen and oxygen atoms in total. The number of aliphatic imine (C=N–C) groups is 2. The number of aromatic amines is 2. The van der Waals surface area contributed by atoms with Crippen molar-refractivity contribution in [3.05, 3.63) is 126 Å². The Hall–Kier alpha value is -10.3. The molecule has 16 N–H and O–H groups in total. The summed E-state index contributed by atoms with van der Waals surface area (Å²) in [6.45, 7) is 8.95. The highest BCUT2D eigenvalue weighted by Crippen LogP contribution is 2.34. The number of nitrogens with two attached hydrogens (primary N) is 4. The summed E-state index contributed by atoms with van der Waals surface area (Å²) in [5, 5.41) is 26.5. The smallest absolute Gasteiger partial charge is 0.293 e. The van der Waals surface area contributed by atoms with Gasteiger partial charge in [-0.15, -0.1) is 0 Å². The Kier molecular flexibility index (Phi) is 49.3. The van der Waals surface area contributed by atoms with Gasteiger partial charge in [-0.2, -0.15) is 11.8 Å². The molecule has 1 aliphatic heterocycles. The second kappa shape index (κ2) is 59.6. The molecule has 31 heteroatoms. The third-order valence-corrected chi connectivity index (χ3v) is 24.2. The molecule has 0 radical (unpaired) electrons. The number of likely N-dealkylation sites (tertiary alicyclic amines) is 1. The van der Waals surface area contributed by atoms with Crippen LogP contribution < -0.4 is 49.5 Å². The van der Waals surface area contributed by atoms with Gasteiger partial charge in [-0.3, -0.25) is 67.5 Å². The quantitative estimate of drug-likeness (QED) is 0.00745. The van der Waals surface area contributed by atoms with Crippen molar-refractivity contribution in [2.75, 3.05) is 57.4 Å². The van der Waals surface area contributed by atoms with Crippen LogP contribution in [0.5, 0.6) is 0 Å². The van der Waals surface area contributed by atoms with Gasteiger partial charge in [0.1, 0.15) is 17.9 Å². The van der Waals surface area contributed by atoms with Crippen LogP contribution in [0.15, 0.2) is 114 Å². The fraction of sp³-hybridized carbons (Fsp3) is 0.606. The van der Waals surface area contributed by atoms with Crippen LogP contribution in [0.1, 0.15) is 261 Å². The van der Waals surface area contributed by atoms with E-state index in [-0.39, 0.29) is 164 Å². The molecule has 6 rings (SSSR count). The minimum absolute atomic E-state index is 0.00210. The zero-order valence-corrected chi connectivity index (χ0v) is 75.1. The van der Waals surface area contributed by atoms with E-state index in [0.717, 1.165) is 35.7 Å². The molecular formula is C94H142N16O14S. The van der Waals surface area contributed by atoms with Crippen molar-refractivity contribution in [2.45, 2.75) is 288 Å². The van der Waals surface area contributed by atoms with Crippen molar-refractivity contribution in [1.82, 2.24) is 51.3 Å². The average molecular weight is 1750 g/mol. The van der Waals surface area contributed by atoms with E-state index in [2.05, 4.69) is 58.4 Å². The molecule has 3 heterocycles. The van der Waals surface area contributed by atoms with Crippen LogP contribution in [0.2, 0.25) is 0 Å². The highest BCUT2D eigenvalue weighted by atomic mass is 32.2. The van der Waals surface area contributed by atoms with E-state index < -0.39 is 108 Å². The number of amides is 7. The number of carbonyl (C=O) groups excluding carboxylic acids is 12. The summed E-state index contributed by atoms with van der Waals surface area (Å²) < 4.78 is 4.71. The highest BCUT2D eigenvalue weighted by Gasteiger charge is 2.43. The molecule has 5 aromatic rings. The van der Waals surface area contributed by atoms with Gasteiger partial charge in [0, 0.05) is 149 Å². The van der Waals surface area contributed by atoms with Gasteiger partial charge < -0.3 is 79.1 Å². The van der Waals surface area contributed by atoms with Gasteiger partial charge in [0.05, 0.1) is 43.6 Å². The van der Waals surface area contributed by atoms with Crippen LogP contribution in [0, 0.1) is 17.8 Å². The Labute approximate surface area is 742 Å². The lowest BCUT2D eigenvalue weighted by atomic mass is 9.83. The number of ketones is 4. The summed E-state index contributed by atoms with van der Waals surface area (Å²) in [6, 6.07) is 20.2. The second-order valence-corrected chi connectivity index (χ2v) is 34.4. The number of Topliss-reactive ketones (excluding diaryl/α,β-unsaturated/α-hetero) is 4. The molecule has 688 valence electrons. The van der Waals surface area contributed by atoms with E-state index in [1.807, 2.05) is 105 Å². The Bertz CT molecular complexity index is 4100. The molecule has 7 amide bonds. The van der Waals surface area contributed by atoms with Gasteiger partial charge in [-0.05, 0) is 107 Å². The summed E-state index contributed by atoms with van der Waals surface area (Å²) in [5.74, 6) is -8.82. The van der Waals surface area contributed by atoms with E-state index in [9.17, 15) is 38.7 Å². The third-order valence-electron chi connectivity index (χ3n) is 23.2. The number of aromatic nitrogens is 3. The standard InChI is InChI=1S/C94H142N16O14S/c1-5-8-9-10-11-12-13-14-15-16-17-18-21-32-49-100-84(118)62-109(6-2)85(119)48-29-20-19-28-46-80(114)78(56-72-60-103-77-45-31-30-44-76(72)77)105-90(121)70(42-34-51-102-94(97)98)57-81(115)79(63-125-7-3)106-89(120)69(41-33-50-101-93(95)96)55-75(113)59-74-43-35-52-110(74)92(123)88(86(67-37-24-22-25-38-67)68-39-26-23-27-40-68)108-91(122)71(54-73-61-99-64-104-73)58-82(116)87(66(4)112)107-83(117)47-36-53-124-65-111/h22-27,30-31,37-40,44-45,60-61,64-66,69-71,74,78-79,86-88,103,112H,5-21,28-29,32-36,41-43,46-59,62-63H2,1-4H3,(H,99,104)(H,100,118)(H,105,121)(H,106,120)(H,107,117)(H,108,122)(H4,95,96,101)(H4,97,98,102). The molecule has 0 aliphatic carbocycles. The number of nitrogens with one attached hydrogen (secondary N) is 7. The zero-order chi connectivity index (χ0) is 90.5. The number of nitrogens with zero attached hydrogens (tertiary/aromatic N) is 5. The van der Waals surface area contributed by atoms with E-state index >= 15 is 24.0 Å². The molecule has 1 aliphatic rings. The number of thioether (sulfide) groups is 1. The van der Waals surface area contributed by atoms with Crippen molar-refractivity contribution in [3.8, 4) is 0 Å². The Morgan fingerprint density at radius 3 is 1.76 bits per heavy atom. The number of likely N-dealkylation sites (N-methyl/N-ethyl adjacent to an activating group) is 1. The van der Waals surface area contributed by atoms with Crippen LogP contribution in [0.4, 0.5) is 0 Å². The van der Waals surface area contributed by atoms with Crippen molar-refractivity contribution in [2.24, 2.45) is 50.7 Å². The number of imidazole rings is 1. The molecule has 1 saturated heterocycles. The Morgan fingerprint density at radius 2 is 1.18 bits per heavy atom. The van der Waals surface area contributed by atoms with Gasteiger partial charge >= 0.3 is 0 Å². The molecule has 3 aromatic carbocycles. The summed E-state index contributed by atoms with van der Waals surface area (Å²) in [6.07, 6.45) is 23.8. The minimum Gasteiger partial charge on any atom is -0.468 e. The lowest BCUT2D eigenvalue weighted by molar-refractivity contribution is -0.140. The van der Waals surface area contributed by atoms with Crippen molar-refractivity contribution < 1.29 is 67.4 Å². The number of hydrogen-bond acceptors (Lipinski definition) is 18. The average Bonchev–Trinajstić information content (AvgIpc) is 1.72. The predicted molar refractivity (Wildman–Crippen MR) is 489 cm³/mol. The lowest BCUT2D eigenvalue weighted by Crippen LogP contribution is -2.55. The first-order valence-electron chi connectivity index (χ1n) is 45.6. The van der Waals surface area contributed by atoms with Gasteiger partial charge in [-0.1, -0.05) is 189 Å². The number of carbonyl (C=O) groups is 12. The van der Waals surface area contributed by atoms with Crippen LogP contribution in [-0.2, 0) is 75.1 Å². The number of unbranched alkanes of at least 4 members (excludes halogenated alkanes) is 16. The van der Waals surface area contributed by atoms with Crippen molar-refractivity contribution >= 4 is 106 Å². The van der Waals surface area contributed by atoms with Gasteiger partial charge in [0.2, 0.25) is 41.4 Å². The van der Waals surface area contributed by atoms with Gasteiger partial charge in [-0.25, -0.2) is 4.98 Å². The molecule has 9 atom stereocenters. The summed E-state index contributed by atoms with van der Waals surface area (Å²) in [4.78, 5) is 192. The van der Waals surface area contributed by atoms with Gasteiger partial charge in [0.25, 0.3) is 6.47 Å². The number of para-hydroxylation sites is 1. The maximum atomic E-state index is 15.9. The van der Waals surface area contributed by atoms with E-state index in [4.69, 9.17) is 27.7 Å². The molecule has 0 saturated carbocycles. The van der Waals surface area contributed by atoms with Crippen molar-refractivity contribution in [1.29, 1.82) is 0 Å². The number of H-pyrrole nitrogens is 2. The topological polar surface area (TPSA) is 474 Å². The monoisotopic (exact) mass is 1750 g/mol. The molecule has 0 spiro atoms. The predicted octanol–water partition coefficient (Wildman–Crippen LogP) is 10.1. The number of benzene rings is 3. The first kappa shape index (κ1) is 103.